The summed E-state index contributed by atoms with van der Waals surface area (Å²) < 4.78 is 4.93. The van der Waals surface area contributed by atoms with Crippen LogP contribution in [0.4, 0.5) is 0 Å². The Balaban J connectivity index is 0.00000144. The number of nitrogens with two attached hydrogens (primary N) is 1. The molecule has 1 aliphatic rings. The number of halogens is 1. The predicted octanol–water partition coefficient (Wildman–Crippen LogP) is 1.90. The van der Waals surface area contributed by atoms with E-state index in [1.54, 1.807) is 6.07 Å². The van der Waals surface area contributed by atoms with E-state index >= 15 is 0 Å². The van der Waals surface area contributed by atoms with E-state index in [4.69, 9.17) is 10.2 Å². The van der Waals surface area contributed by atoms with E-state index in [0.717, 1.165) is 25.9 Å². The van der Waals surface area contributed by atoms with Gasteiger partial charge in [0.15, 0.2) is 0 Å². The van der Waals surface area contributed by atoms with Gasteiger partial charge in [-0.15, -0.1) is 12.4 Å². The number of likely N-dealkylation sites (tertiary alicyclic amines) is 1. The average molecular weight is 259 g/mol. The number of hydrogen-bond acceptors (Lipinski definition) is 3. The lowest BCUT2D eigenvalue weighted by atomic mass is 9.92. The number of furan rings is 1. The monoisotopic (exact) mass is 258 g/mol. The molecule has 1 aliphatic heterocycles. The van der Waals surface area contributed by atoms with Gasteiger partial charge in [0.1, 0.15) is 6.26 Å². The molecule has 2 atom stereocenters. The first kappa shape index (κ1) is 14.1. The summed E-state index contributed by atoms with van der Waals surface area (Å²) in [6.07, 6.45) is 5.18. The highest BCUT2D eigenvalue weighted by Gasteiger charge is 2.26. The van der Waals surface area contributed by atoms with Crippen molar-refractivity contribution in [2.75, 3.05) is 13.1 Å². The van der Waals surface area contributed by atoms with Crippen molar-refractivity contribution in [3.05, 3.63) is 24.2 Å². The number of rotatable bonds is 2. The van der Waals surface area contributed by atoms with Crippen LogP contribution in [0.3, 0.4) is 0 Å². The normalized spacial score (nSPS) is 21.8. The predicted molar refractivity (Wildman–Crippen MR) is 68.2 cm³/mol. The molecule has 17 heavy (non-hydrogen) atoms. The van der Waals surface area contributed by atoms with E-state index in [1.165, 1.54) is 12.5 Å². The largest absolute Gasteiger partial charge is 0.472 e. The van der Waals surface area contributed by atoms with Gasteiger partial charge in [0.25, 0.3) is 5.91 Å². The van der Waals surface area contributed by atoms with Crippen molar-refractivity contribution in [2.24, 2.45) is 11.7 Å². The molecule has 0 spiro atoms. The van der Waals surface area contributed by atoms with E-state index in [2.05, 4.69) is 0 Å². The zero-order valence-corrected chi connectivity index (χ0v) is 10.8. The molecule has 1 aromatic heterocycles. The van der Waals surface area contributed by atoms with Crippen molar-refractivity contribution in [1.82, 2.24) is 4.90 Å². The minimum absolute atomic E-state index is 0. The molecule has 0 aliphatic carbocycles. The van der Waals surface area contributed by atoms with Crippen LogP contribution >= 0.6 is 12.4 Å². The fraction of sp³-hybridized carbons (Fsp3) is 0.583. The topological polar surface area (TPSA) is 59.5 Å². The van der Waals surface area contributed by atoms with Gasteiger partial charge >= 0.3 is 0 Å². The third kappa shape index (κ3) is 3.23. The standard InChI is InChI=1S/C12H18N2O2.ClH/c1-9(13)10-3-2-5-14(7-10)12(15)11-4-6-16-8-11;/h4,6,8-10H,2-3,5,7,13H2,1H3;1H. The highest BCUT2D eigenvalue weighted by molar-refractivity contribution is 5.93. The van der Waals surface area contributed by atoms with E-state index in [1.807, 2.05) is 11.8 Å². The van der Waals surface area contributed by atoms with Crippen LogP contribution in [0.15, 0.2) is 23.0 Å². The molecule has 1 amide bonds. The highest BCUT2D eigenvalue weighted by atomic mass is 35.5. The Morgan fingerprint density at radius 1 is 1.65 bits per heavy atom. The first-order valence-electron chi connectivity index (χ1n) is 5.75. The lowest BCUT2D eigenvalue weighted by molar-refractivity contribution is 0.0660. The smallest absolute Gasteiger partial charge is 0.257 e. The molecule has 2 unspecified atom stereocenters. The van der Waals surface area contributed by atoms with Crippen molar-refractivity contribution in [1.29, 1.82) is 0 Å². The van der Waals surface area contributed by atoms with Crippen LogP contribution in [0, 0.1) is 5.92 Å². The maximum absolute atomic E-state index is 12.1. The lowest BCUT2D eigenvalue weighted by Gasteiger charge is -2.34. The van der Waals surface area contributed by atoms with Gasteiger partial charge in [-0.3, -0.25) is 4.79 Å². The van der Waals surface area contributed by atoms with E-state index in [0.29, 0.717) is 11.5 Å². The Hall–Kier alpha value is -1.00. The average Bonchev–Trinajstić information content (AvgIpc) is 2.81. The molecule has 0 aromatic carbocycles. The Labute approximate surface area is 108 Å². The molecule has 5 heteroatoms. The molecule has 0 bridgehead atoms. The number of piperidine rings is 1. The zero-order valence-electron chi connectivity index (χ0n) is 9.96. The summed E-state index contributed by atoms with van der Waals surface area (Å²) >= 11 is 0. The molecule has 0 saturated carbocycles. The fourth-order valence-electron chi connectivity index (χ4n) is 2.19. The number of amides is 1. The number of carbonyl (C=O) groups is 1. The Morgan fingerprint density at radius 3 is 3.00 bits per heavy atom. The van der Waals surface area contributed by atoms with Crippen LogP contribution < -0.4 is 5.73 Å². The summed E-state index contributed by atoms with van der Waals surface area (Å²) in [6, 6.07) is 1.86. The second-order valence-corrected chi connectivity index (χ2v) is 4.52. The minimum Gasteiger partial charge on any atom is -0.472 e. The van der Waals surface area contributed by atoms with Gasteiger partial charge in [-0.1, -0.05) is 0 Å². The number of hydrogen-bond donors (Lipinski definition) is 1. The van der Waals surface area contributed by atoms with E-state index < -0.39 is 0 Å². The molecule has 2 N–H and O–H groups in total. The quantitative estimate of drug-likeness (QED) is 0.881. The van der Waals surface area contributed by atoms with Crippen molar-refractivity contribution < 1.29 is 9.21 Å². The third-order valence-electron chi connectivity index (χ3n) is 3.26. The van der Waals surface area contributed by atoms with Crippen LogP contribution in [0.5, 0.6) is 0 Å². The second-order valence-electron chi connectivity index (χ2n) is 4.52. The third-order valence-corrected chi connectivity index (χ3v) is 3.26. The molecule has 2 rings (SSSR count). The fourth-order valence-corrected chi connectivity index (χ4v) is 2.19. The summed E-state index contributed by atoms with van der Waals surface area (Å²) in [5.41, 5.74) is 6.52. The first-order valence-corrected chi connectivity index (χ1v) is 5.75. The summed E-state index contributed by atoms with van der Waals surface area (Å²) in [4.78, 5) is 13.9. The van der Waals surface area contributed by atoms with Gasteiger partial charge in [0.2, 0.25) is 0 Å². The van der Waals surface area contributed by atoms with Crippen LogP contribution in [0.25, 0.3) is 0 Å². The second kappa shape index (κ2) is 6.07. The van der Waals surface area contributed by atoms with Gasteiger partial charge < -0.3 is 15.1 Å². The first-order chi connectivity index (χ1) is 7.68. The molecule has 2 heterocycles. The summed E-state index contributed by atoms with van der Waals surface area (Å²) in [5.74, 6) is 0.476. The minimum atomic E-state index is 0. The van der Waals surface area contributed by atoms with Crippen molar-refractivity contribution in [3.8, 4) is 0 Å². The van der Waals surface area contributed by atoms with E-state index in [9.17, 15) is 4.79 Å². The molecule has 4 nitrogen and oxygen atoms in total. The lowest BCUT2D eigenvalue weighted by Crippen LogP contribution is -2.44. The SMILES string of the molecule is CC(N)C1CCCN(C(=O)c2ccoc2)C1.Cl. The van der Waals surface area contributed by atoms with Crippen LogP contribution in [0.1, 0.15) is 30.1 Å². The van der Waals surface area contributed by atoms with Crippen LogP contribution in [0.2, 0.25) is 0 Å². The maximum Gasteiger partial charge on any atom is 0.257 e. The molecule has 1 fully saturated rings. The van der Waals surface area contributed by atoms with E-state index in [-0.39, 0.29) is 24.4 Å². The van der Waals surface area contributed by atoms with Gasteiger partial charge in [0.05, 0.1) is 11.8 Å². The molecule has 0 radical (unpaired) electrons. The van der Waals surface area contributed by atoms with Crippen molar-refractivity contribution in [3.63, 3.8) is 0 Å². The summed E-state index contributed by atoms with van der Waals surface area (Å²) in [6.45, 7) is 3.60. The Morgan fingerprint density at radius 2 is 2.41 bits per heavy atom. The molecular formula is C12H19ClN2O2. The van der Waals surface area contributed by atoms with Crippen LogP contribution in [-0.2, 0) is 0 Å². The summed E-state index contributed by atoms with van der Waals surface area (Å²) in [5, 5.41) is 0. The Bertz CT molecular complexity index is 351. The zero-order chi connectivity index (χ0) is 11.5. The molecule has 96 valence electrons. The van der Waals surface area contributed by atoms with Crippen LogP contribution in [-0.4, -0.2) is 29.9 Å². The maximum atomic E-state index is 12.1. The molecule has 1 saturated heterocycles. The Kier molecular flexibility index (Phi) is 5.02. The van der Waals surface area contributed by atoms with Gasteiger partial charge in [-0.05, 0) is 31.7 Å². The van der Waals surface area contributed by atoms with Gasteiger partial charge in [0, 0.05) is 19.1 Å². The molecule has 1 aromatic rings. The van der Waals surface area contributed by atoms with Gasteiger partial charge in [-0.2, -0.15) is 0 Å². The summed E-state index contributed by atoms with van der Waals surface area (Å²) in [7, 11) is 0. The highest BCUT2D eigenvalue weighted by Crippen LogP contribution is 2.20. The van der Waals surface area contributed by atoms with Gasteiger partial charge in [-0.25, -0.2) is 0 Å². The number of carbonyl (C=O) groups excluding carboxylic acids is 1. The van der Waals surface area contributed by atoms with Crippen molar-refractivity contribution >= 4 is 18.3 Å². The molecular weight excluding hydrogens is 240 g/mol. The van der Waals surface area contributed by atoms with Crippen molar-refractivity contribution in [2.45, 2.75) is 25.8 Å². The number of nitrogens with zero attached hydrogens (tertiary/aromatic N) is 1.